The SMILES string of the molecule is N#Cc1cc(F)c(N2CCC3CCCCC32)c(F)c1. The van der Waals surface area contributed by atoms with Crippen LogP contribution in [-0.2, 0) is 0 Å². The van der Waals surface area contributed by atoms with E-state index >= 15 is 0 Å². The number of benzene rings is 1. The van der Waals surface area contributed by atoms with Crippen molar-refractivity contribution in [1.82, 2.24) is 0 Å². The summed E-state index contributed by atoms with van der Waals surface area (Å²) in [4.78, 5) is 1.88. The molecule has 3 rings (SSSR count). The van der Waals surface area contributed by atoms with Crippen LogP contribution in [0.4, 0.5) is 14.5 Å². The maximum absolute atomic E-state index is 14.1. The van der Waals surface area contributed by atoms with Crippen molar-refractivity contribution in [3.8, 4) is 6.07 Å². The Morgan fingerprint density at radius 3 is 2.47 bits per heavy atom. The fraction of sp³-hybridized carbons (Fsp3) is 0.533. The molecule has 2 fully saturated rings. The first-order valence-electron chi connectivity index (χ1n) is 6.86. The Labute approximate surface area is 111 Å². The van der Waals surface area contributed by atoms with Crippen LogP contribution >= 0.6 is 0 Å². The summed E-state index contributed by atoms with van der Waals surface area (Å²) in [6.45, 7) is 0.717. The van der Waals surface area contributed by atoms with Gasteiger partial charge in [-0.05, 0) is 37.3 Å². The van der Waals surface area contributed by atoms with Gasteiger partial charge in [0.15, 0.2) is 11.6 Å². The Morgan fingerprint density at radius 1 is 1.11 bits per heavy atom. The molecule has 1 saturated heterocycles. The van der Waals surface area contributed by atoms with Crippen LogP contribution in [0.15, 0.2) is 12.1 Å². The largest absolute Gasteiger partial charge is 0.364 e. The highest BCUT2D eigenvalue weighted by Gasteiger charge is 2.37. The molecule has 2 atom stereocenters. The molecule has 2 nitrogen and oxygen atoms in total. The summed E-state index contributed by atoms with van der Waals surface area (Å²) in [5.41, 5.74) is 0.103. The van der Waals surface area contributed by atoms with Crippen molar-refractivity contribution >= 4 is 5.69 Å². The van der Waals surface area contributed by atoms with Crippen molar-refractivity contribution < 1.29 is 8.78 Å². The second-order valence-electron chi connectivity index (χ2n) is 5.49. The third-order valence-corrected chi connectivity index (χ3v) is 4.44. The van der Waals surface area contributed by atoms with E-state index < -0.39 is 11.6 Å². The van der Waals surface area contributed by atoms with Crippen LogP contribution in [-0.4, -0.2) is 12.6 Å². The Morgan fingerprint density at radius 2 is 1.79 bits per heavy atom. The van der Waals surface area contributed by atoms with Gasteiger partial charge < -0.3 is 4.90 Å². The molecule has 1 aromatic carbocycles. The van der Waals surface area contributed by atoms with Crippen LogP contribution in [0.1, 0.15) is 37.7 Å². The van der Waals surface area contributed by atoms with Gasteiger partial charge in [-0.1, -0.05) is 12.8 Å². The van der Waals surface area contributed by atoms with Crippen molar-refractivity contribution in [2.45, 2.75) is 38.1 Å². The van der Waals surface area contributed by atoms with Gasteiger partial charge in [-0.2, -0.15) is 5.26 Å². The van der Waals surface area contributed by atoms with E-state index in [-0.39, 0.29) is 17.3 Å². The number of halogens is 2. The number of rotatable bonds is 1. The van der Waals surface area contributed by atoms with Gasteiger partial charge in [0, 0.05) is 12.6 Å². The summed E-state index contributed by atoms with van der Waals surface area (Å²) in [6, 6.07) is 4.32. The highest BCUT2D eigenvalue weighted by molar-refractivity contribution is 5.54. The van der Waals surface area contributed by atoms with Crippen LogP contribution in [0, 0.1) is 28.9 Å². The van der Waals surface area contributed by atoms with E-state index in [1.165, 1.54) is 12.8 Å². The molecule has 1 heterocycles. The molecule has 0 bridgehead atoms. The molecule has 100 valence electrons. The van der Waals surface area contributed by atoms with Crippen LogP contribution in [0.25, 0.3) is 0 Å². The van der Waals surface area contributed by atoms with Gasteiger partial charge in [-0.3, -0.25) is 0 Å². The average molecular weight is 262 g/mol. The lowest BCUT2D eigenvalue weighted by Crippen LogP contribution is -2.35. The van der Waals surface area contributed by atoms with Crippen molar-refractivity contribution in [2.24, 2.45) is 5.92 Å². The van der Waals surface area contributed by atoms with E-state index in [1.54, 1.807) is 6.07 Å². The maximum Gasteiger partial charge on any atom is 0.150 e. The van der Waals surface area contributed by atoms with Gasteiger partial charge in [0.1, 0.15) is 5.69 Å². The van der Waals surface area contributed by atoms with E-state index in [0.717, 1.165) is 37.9 Å². The Hall–Kier alpha value is -1.63. The molecule has 1 aliphatic carbocycles. The fourth-order valence-corrected chi connectivity index (χ4v) is 3.59. The van der Waals surface area contributed by atoms with Gasteiger partial charge in [-0.25, -0.2) is 8.78 Å². The highest BCUT2D eigenvalue weighted by Crippen LogP contribution is 2.40. The molecule has 4 heteroatoms. The quantitative estimate of drug-likeness (QED) is 0.773. The summed E-state index contributed by atoms with van der Waals surface area (Å²) in [5, 5.41) is 8.73. The number of nitrogens with zero attached hydrogens (tertiary/aromatic N) is 2. The fourth-order valence-electron chi connectivity index (χ4n) is 3.59. The van der Waals surface area contributed by atoms with Gasteiger partial charge in [0.25, 0.3) is 0 Å². The van der Waals surface area contributed by atoms with Crippen LogP contribution < -0.4 is 4.90 Å². The number of nitriles is 1. The van der Waals surface area contributed by atoms with E-state index in [0.29, 0.717) is 5.92 Å². The maximum atomic E-state index is 14.1. The highest BCUT2D eigenvalue weighted by atomic mass is 19.1. The third-order valence-electron chi connectivity index (χ3n) is 4.44. The van der Waals surface area contributed by atoms with Crippen LogP contribution in [0.3, 0.4) is 0 Å². The first kappa shape index (κ1) is 12.4. The first-order chi connectivity index (χ1) is 9.20. The second-order valence-corrected chi connectivity index (χ2v) is 5.49. The van der Waals surface area contributed by atoms with Gasteiger partial charge in [-0.15, -0.1) is 0 Å². The lowest BCUT2D eigenvalue weighted by molar-refractivity contribution is 0.340. The number of anilines is 1. The average Bonchev–Trinajstić information content (AvgIpc) is 2.82. The summed E-state index contributed by atoms with van der Waals surface area (Å²) in [6.07, 6.45) is 5.57. The summed E-state index contributed by atoms with van der Waals surface area (Å²) < 4.78 is 28.2. The van der Waals surface area contributed by atoms with E-state index in [9.17, 15) is 8.78 Å². The number of hydrogen-bond acceptors (Lipinski definition) is 2. The van der Waals surface area contributed by atoms with E-state index in [4.69, 9.17) is 5.26 Å². The Balaban J connectivity index is 1.96. The zero-order chi connectivity index (χ0) is 13.4. The molecule has 0 radical (unpaired) electrons. The monoisotopic (exact) mass is 262 g/mol. The number of hydrogen-bond donors (Lipinski definition) is 0. The zero-order valence-corrected chi connectivity index (χ0v) is 10.7. The van der Waals surface area contributed by atoms with Gasteiger partial charge in [0.05, 0.1) is 11.6 Å². The molecule has 1 saturated carbocycles. The molecule has 0 N–H and O–H groups in total. The lowest BCUT2D eigenvalue weighted by Gasteiger charge is -2.33. The summed E-state index contributed by atoms with van der Waals surface area (Å²) >= 11 is 0. The molecule has 0 aromatic heterocycles. The molecule has 1 aliphatic heterocycles. The molecule has 2 aliphatic rings. The third kappa shape index (κ3) is 2.07. The van der Waals surface area contributed by atoms with Crippen LogP contribution in [0.5, 0.6) is 0 Å². The van der Waals surface area contributed by atoms with Crippen molar-refractivity contribution in [3.05, 3.63) is 29.3 Å². The molecule has 0 amide bonds. The molecule has 2 unspecified atom stereocenters. The van der Waals surface area contributed by atoms with E-state index in [1.807, 2.05) is 4.90 Å². The van der Waals surface area contributed by atoms with E-state index in [2.05, 4.69) is 0 Å². The van der Waals surface area contributed by atoms with Crippen molar-refractivity contribution in [3.63, 3.8) is 0 Å². The lowest BCUT2D eigenvalue weighted by atomic mass is 9.85. The minimum Gasteiger partial charge on any atom is -0.364 e. The predicted molar refractivity (Wildman–Crippen MR) is 68.8 cm³/mol. The zero-order valence-electron chi connectivity index (χ0n) is 10.7. The van der Waals surface area contributed by atoms with Crippen molar-refractivity contribution in [2.75, 3.05) is 11.4 Å². The smallest absolute Gasteiger partial charge is 0.150 e. The first-order valence-corrected chi connectivity index (χ1v) is 6.86. The molecule has 1 aromatic rings. The topological polar surface area (TPSA) is 27.0 Å². The normalized spacial score (nSPS) is 26.1. The standard InChI is InChI=1S/C15H16F2N2/c16-12-7-10(9-18)8-13(17)15(12)19-6-5-11-3-1-2-4-14(11)19/h7-8,11,14H,1-6H2. The summed E-state index contributed by atoms with van der Waals surface area (Å²) in [7, 11) is 0. The minimum atomic E-state index is -0.609. The molecular weight excluding hydrogens is 246 g/mol. The summed E-state index contributed by atoms with van der Waals surface area (Å²) in [5.74, 6) is -0.645. The Bertz CT molecular complexity index is 512. The van der Waals surface area contributed by atoms with Gasteiger partial charge in [0.2, 0.25) is 0 Å². The second kappa shape index (κ2) is 4.80. The molecule has 0 spiro atoms. The Kier molecular flexibility index (Phi) is 3.14. The minimum absolute atomic E-state index is 0.0399. The predicted octanol–water partition coefficient (Wildman–Crippen LogP) is 3.61. The number of fused-ring (bicyclic) bond motifs is 1. The van der Waals surface area contributed by atoms with Crippen molar-refractivity contribution in [1.29, 1.82) is 5.26 Å². The molecular formula is C15H16F2N2. The van der Waals surface area contributed by atoms with Crippen LogP contribution in [0.2, 0.25) is 0 Å². The molecule has 19 heavy (non-hydrogen) atoms. The van der Waals surface area contributed by atoms with Gasteiger partial charge >= 0.3 is 0 Å².